The molecule has 0 aromatic carbocycles. The normalized spacial score (nSPS) is 10.9. The molecule has 0 bridgehead atoms. The first-order chi connectivity index (χ1) is 8.66. The smallest absolute Gasteiger partial charge is 0.219 e. The molecule has 18 heavy (non-hydrogen) atoms. The number of nitrogens with one attached hydrogen (secondary N) is 2. The van der Waals surface area contributed by atoms with Crippen molar-refractivity contribution in [3.05, 3.63) is 0 Å². The fraction of sp³-hybridized carbons (Fsp3) is 0.923. The molecule has 1 amide bonds. The molecular formula is C13H28N2O3. The first kappa shape index (κ1) is 17.4. The van der Waals surface area contributed by atoms with Crippen molar-refractivity contribution in [3.8, 4) is 0 Å². The maximum atomic E-state index is 10.9. The second kappa shape index (κ2) is 12.8. The van der Waals surface area contributed by atoms with Gasteiger partial charge in [-0.15, -0.1) is 0 Å². The molecular weight excluding hydrogens is 232 g/mol. The van der Waals surface area contributed by atoms with E-state index >= 15 is 0 Å². The van der Waals surface area contributed by atoms with Gasteiger partial charge in [0.15, 0.2) is 0 Å². The highest BCUT2D eigenvalue weighted by atomic mass is 16.5. The quantitative estimate of drug-likeness (QED) is 0.509. The van der Waals surface area contributed by atoms with Crippen molar-refractivity contribution in [2.45, 2.75) is 27.2 Å². The molecule has 5 heteroatoms. The Morgan fingerprint density at radius 2 is 1.67 bits per heavy atom. The summed E-state index contributed by atoms with van der Waals surface area (Å²) in [7, 11) is 0. The van der Waals surface area contributed by atoms with Gasteiger partial charge in [0.2, 0.25) is 5.91 Å². The van der Waals surface area contributed by atoms with E-state index < -0.39 is 0 Å². The van der Waals surface area contributed by atoms with Gasteiger partial charge in [0.25, 0.3) is 0 Å². The highest BCUT2D eigenvalue weighted by molar-refractivity contribution is 5.75. The number of carbonyl (C=O) groups excluding carboxylic acids is 1. The lowest BCUT2D eigenvalue weighted by molar-refractivity contribution is -0.121. The fourth-order valence-electron chi connectivity index (χ4n) is 1.24. The number of amides is 1. The SMILES string of the molecule is CCC(=O)NCCOCCOCCNCC(C)C. The zero-order chi connectivity index (χ0) is 13.6. The lowest BCUT2D eigenvalue weighted by Crippen LogP contribution is -2.27. The van der Waals surface area contributed by atoms with Gasteiger partial charge in [0, 0.05) is 19.5 Å². The third-order valence-corrected chi connectivity index (χ3v) is 2.24. The lowest BCUT2D eigenvalue weighted by Gasteiger charge is -2.08. The largest absolute Gasteiger partial charge is 0.378 e. The molecule has 5 nitrogen and oxygen atoms in total. The molecule has 0 atom stereocenters. The summed E-state index contributed by atoms with van der Waals surface area (Å²) in [5.41, 5.74) is 0. The van der Waals surface area contributed by atoms with Crippen LogP contribution >= 0.6 is 0 Å². The van der Waals surface area contributed by atoms with Gasteiger partial charge in [0.05, 0.1) is 26.4 Å². The molecule has 0 saturated heterocycles. The van der Waals surface area contributed by atoms with Gasteiger partial charge >= 0.3 is 0 Å². The van der Waals surface area contributed by atoms with Gasteiger partial charge in [-0.25, -0.2) is 0 Å². The van der Waals surface area contributed by atoms with Crippen molar-refractivity contribution in [3.63, 3.8) is 0 Å². The highest BCUT2D eigenvalue weighted by Crippen LogP contribution is 1.86. The summed E-state index contributed by atoms with van der Waals surface area (Å²) >= 11 is 0. The number of ether oxygens (including phenoxy) is 2. The van der Waals surface area contributed by atoms with Crippen molar-refractivity contribution in [2.24, 2.45) is 5.92 Å². The predicted molar refractivity (Wildman–Crippen MR) is 72.6 cm³/mol. The average Bonchev–Trinajstić information content (AvgIpc) is 2.35. The molecule has 0 saturated carbocycles. The first-order valence-electron chi connectivity index (χ1n) is 6.79. The zero-order valence-corrected chi connectivity index (χ0v) is 12.0. The van der Waals surface area contributed by atoms with E-state index in [-0.39, 0.29) is 5.91 Å². The molecule has 0 aromatic heterocycles. The first-order valence-corrected chi connectivity index (χ1v) is 6.79. The Hall–Kier alpha value is -0.650. The molecule has 0 aliphatic carbocycles. The third-order valence-electron chi connectivity index (χ3n) is 2.24. The van der Waals surface area contributed by atoms with Gasteiger partial charge in [-0.1, -0.05) is 20.8 Å². The Bertz CT molecular complexity index is 199. The second-order valence-corrected chi connectivity index (χ2v) is 4.53. The van der Waals surface area contributed by atoms with Gasteiger partial charge in [0.1, 0.15) is 0 Å². The van der Waals surface area contributed by atoms with Crippen molar-refractivity contribution in [2.75, 3.05) is 46.1 Å². The molecule has 0 aromatic rings. The van der Waals surface area contributed by atoms with Crippen LogP contribution in [0.4, 0.5) is 0 Å². The summed E-state index contributed by atoms with van der Waals surface area (Å²) in [6, 6.07) is 0. The van der Waals surface area contributed by atoms with Crippen LogP contribution in [0.25, 0.3) is 0 Å². The van der Waals surface area contributed by atoms with Crippen LogP contribution in [-0.2, 0) is 14.3 Å². The number of hydrogen-bond acceptors (Lipinski definition) is 4. The van der Waals surface area contributed by atoms with Gasteiger partial charge in [-0.05, 0) is 12.5 Å². The summed E-state index contributed by atoms with van der Waals surface area (Å²) in [6.45, 7) is 11.1. The lowest BCUT2D eigenvalue weighted by atomic mass is 10.2. The van der Waals surface area contributed by atoms with Crippen LogP contribution in [0.1, 0.15) is 27.2 Å². The van der Waals surface area contributed by atoms with E-state index in [0.29, 0.717) is 45.3 Å². The fourth-order valence-corrected chi connectivity index (χ4v) is 1.24. The molecule has 0 rings (SSSR count). The Morgan fingerprint density at radius 1 is 1.06 bits per heavy atom. The third kappa shape index (κ3) is 13.4. The number of carbonyl (C=O) groups is 1. The van der Waals surface area contributed by atoms with Crippen LogP contribution in [0.2, 0.25) is 0 Å². The Labute approximate surface area is 111 Å². The molecule has 0 aliphatic rings. The standard InChI is InChI=1S/C13H28N2O3/c1-4-13(16)15-6-8-18-10-9-17-7-5-14-11-12(2)3/h12,14H,4-11H2,1-3H3,(H,15,16). The molecule has 0 radical (unpaired) electrons. The van der Waals surface area contributed by atoms with E-state index in [2.05, 4.69) is 24.5 Å². The van der Waals surface area contributed by atoms with Gasteiger partial charge < -0.3 is 20.1 Å². The summed E-state index contributed by atoms with van der Waals surface area (Å²) in [6.07, 6.45) is 0.520. The van der Waals surface area contributed by atoms with E-state index in [4.69, 9.17) is 9.47 Å². The van der Waals surface area contributed by atoms with E-state index in [9.17, 15) is 4.79 Å². The number of hydrogen-bond donors (Lipinski definition) is 2. The van der Waals surface area contributed by atoms with Crippen LogP contribution in [0.3, 0.4) is 0 Å². The van der Waals surface area contributed by atoms with E-state index in [0.717, 1.165) is 13.1 Å². The van der Waals surface area contributed by atoms with E-state index in [1.54, 1.807) is 0 Å². The molecule has 108 valence electrons. The molecule has 0 heterocycles. The zero-order valence-electron chi connectivity index (χ0n) is 12.0. The van der Waals surface area contributed by atoms with Crippen molar-refractivity contribution < 1.29 is 14.3 Å². The molecule has 0 aliphatic heterocycles. The van der Waals surface area contributed by atoms with Crippen LogP contribution < -0.4 is 10.6 Å². The maximum absolute atomic E-state index is 10.9. The summed E-state index contributed by atoms with van der Waals surface area (Å²) in [4.78, 5) is 10.9. The summed E-state index contributed by atoms with van der Waals surface area (Å²) < 4.78 is 10.7. The molecule has 0 fully saturated rings. The number of rotatable bonds is 12. The Morgan fingerprint density at radius 3 is 2.22 bits per heavy atom. The van der Waals surface area contributed by atoms with E-state index in [1.165, 1.54) is 0 Å². The summed E-state index contributed by atoms with van der Waals surface area (Å²) in [5, 5.41) is 6.05. The Balaban J connectivity index is 3.01. The van der Waals surface area contributed by atoms with Crippen LogP contribution in [0.15, 0.2) is 0 Å². The van der Waals surface area contributed by atoms with Gasteiger partial charge in [-0.3, -0.25) is 4.79 Å². The average molecular weight is 260 g/mol. The minimum Gasteiger partial charge on any atom is -0.378 e. The van der Waals surface area contributed by atoms with E-state index in [1.807, 2.05) is 6.92 Å². The van der Waals surface area contributed by atoms with Crippen LogP contribution in [0.5, 0.6) is 0 Å². The molecule has 2 N–H and O–H groups in total. The van der Waals surface area contributed by atoms with Crippen LogP contribution in [0, 0.1) is 5.92 Å². The molecule has 0 spiro atoms. The monoisotopic (exact) mass is 260 g/mol. The van der Waals surface area contributed by atoms with Crippen molar-refractivity contribution in [1.29, 1.82) is 0 Å². The van der Waals surface area contributed by atoms with Gasteiger partial charge in [-0.2, -0.15) is 0 Å². The van der Waals surface area contributed by atoms with Crippen molar-refractivity contribution >= 4 is 5.91 Å². The van der Waals surface area contributed by atoms with Crippen LogP contribution in [-0.4, -0.2) is 52.0 Å². The van der Waals surface area contributed by atoms with Crippen molar-refractivity contribution in [1.82, 2.24) is 10.6 Å². The topological polar surface area (TPSA) is 59.6 Å². The molecule has 0 unspecified atom stereocenters. The highest BCUT2D eigenvalue weighted by Gasteiger charge is 1.95. The maximum Gasteiger partial charge on any atom is 0.219 e. The predicted octanol–water partition coefficient (Wildman–Crippen LogP) is 0.791. The summed E-state index contributed by atoms with van der Waals surface area (Å²) in [5.74, 6) is 0.734. The second-order valence-electron chi connectivity index (χ2n) is 4.53. The Kier molecular flexibility index (Phi) is 12.3. The minimum atomic E-state index is 0.0612. The minimum absolute atomic E-state index is 0.0612.